The smallest absolute Gasteiger partial charge is 0.132 e. The van der Waals surface area contributed by atoms with Gasteiger partial charge in [0.25, 0.3) is 0 Å². The van der Waals surface area contributed by atoms with Gasteiger partial charge in [-0.3, -0.25) is 15.1 Å². The van der Waals surface area contributed by atoms with Gasteiger partial charge in [0.05, 0.1) is 17.4 Å². The zero-order valence-electron chi connectivity index (χ0n) is 15.8. The molecule has 0 amide bonds. The molecule has 1 saturated heterocycles. The molecule has 0 radical (unpaired) electrons. The molecule has 0 atom stereocenters. The normalized spacial score (nSPS) is 15.2. The summed E-state index contributed by atoms with van der Waals surface area (Å²) < 4.78 is 14.3. The quantitative estimate of drug-likeness (QED) is 0.558. The van der Waals surface area contributed by atoms with Crippen LogP contribution in [0.3, 0.4) is 0 Å². The van der Waals surface area contributed by atoms with Crippen LogP contribution in [0.1, 0.15) is 12.8 Å². The van der Waals surface area contributed by atoms with Crippen LogP contribution in [0.25, 0.3) is 33.4 Å². The summed E-state index contributed by atoms with van der Waals surface area (Å²) in [6.45, 7) is 1.82. The number of H-pyrrole nitrogens is 1. The summed E-state index contributed by atoms with van der Waals surface area (Å²) >= 11 is 0. The second kappa shape index (κ2) is 7.25. The number of nitrogens with two attached hydrogens (primary N) is 1. The fourth-order valence-corrected chi connectivity index (χ4v) is 3.92. The van der Waals surface area contributed by atoms with E-state index in [1.165, 1.54) is 6.07 Å². The Bertz CT molecular complexity index is 1160. The molecule has 1 aliphatic rings. The molecule has 1 fully saturated rings. The summed E-state index contributed by atoms with van der Waals surface area (Å²) in [4.78, 5) is 11.3. The van der Waals surface area contributed by atoms with Crippen LogP contribution < -0.4 is 10.6 Å². The molecule has 0 aliphatic carbocycles. The fraction of sp³-hybridized carbons (Fsp3) is 0.227. The molecule has 4 heterocycles. The lowest BCUT2D eigenvalue weighted by Crippen LogP contribution is -2.39. The minimum Gasteiger partial charge on any atom is -0.371 e. The molecule has 4 aromatic rings. The van der Waals surface area contributed by atoms with E-state index in [4.69, 9.17) is 5.73 Å². The molecule has 6 nitrogen and oxygen atoms in total. The fourth-order valence-electron chi connectivity index (χ4n) is 3.92. The summed E-state index contributed by atoms with van der Waals surface area (Å²) in [6, 6.07) is 10.9. The molecule has 3 N–H and O–H groups in total. The number of rotatable bonds is 3. The molecule has 7 heteroatoms. The van der Waals surface area contributed by atoms with Crippen molar-refractivity contribution in [2.45, 2.75) is 18.9 Å². The third-order valence-electron chi connectivity index (χ3n) is 5.53. The Hall–Kier alpha value is -3.32. The molecular weight excluding hydrogens is 367 g/mol. The van der Waals surface area contributed by atoms with Crippen molar-refractivity contribution < 1.29 is 4.39 Å². The standard InChI is InChI=1S/C22H21FN6/c23-18-4-2-1-3-15(18)22-16-11-19(26-13-20(16)27-28-22)17-12-25-8-5-21(17)29-9-6-14(24)7-10-29/h1-5,8,11-14H,6-7,9-10,24H2,(H,27,28). The molecule has 0 bridgehead atoms. The molecule has 1 aromatic carbocycles. The average molecular weight is 388 g/mol. The molecule has 1 aliphatic heterocycles. The van der Waals surface area contributed by atoms with E-state index >= 15 is 0 Å². The number of halogens is 1. The Morgan fingerprint density at radius 1 is 1.07 bits per heavy atom. The molecule has 3 aromatic heterocycles. The SMILES string of the molecule is NC1CCN(c2ccncc2-c2cc3c(-c4ccccc4F)n[nH]c3cn2)CC1. The van der Waals surface area contributed by atoms with Crippen molar-refractivity contribution in [3.63, 3.8) is 0 Å². The van der Waals surface area contributed by atoms with Gasteiger partial charge in [-0.05, 0) is 37.1 Å². The molecule has 5 rings (SSSR count). The molecular formula is C22H21FN6. The van der Waals surface area contributed by atoms with Crippen molar-refractivity contribution in [3.05, 3.63) is 60.8 Å². The van der Waals surface area contributed by atoms with Gasteiger partial charge in [0.1, 0.15) is 11.5 Å². The number of pyridine rings is 2. The molecule has 0 spiro atoms. The molecule has 29 heavy (non-hydrogen) atoms. The molecule has 0 unspecified atom stereocenters. The maximum Gasteiger partial charge on any atom is 0.132 e. The highest BCUT2D eigenvalue weighted by atomic mass is 19.1. The van der Waals surface area contributed by atoms with Gasteiger partial charge in [-0.25, -0.2) is 4.39 Å². The van der Waals surface area contributed by atoms with Crippen LogP contribution in [0.5, 0.6) is 0 Å². The summed E-state index contributed by atoms with van der Waals surface area (Å²) in [6.07, 6.45) is 7.31. The number of piperidine rings is 1. The van der Waals surface area contributed by atoms with Crippen molar-refractivity contribution >= 4 is 16.6 Å². The van der Waals surface area contributed by atoms with Crippen LogP contribution >= 0.6 is 0 Å². The maximum atomic E-state index is 14.3. The van der Waals surface area contributed by atoms with E-state index in [2.05, 4.69) is 25.1 Å². The summed E-state index contributed by atoms with van der Waals surface area (Å²) in [7, 11) is 0. The lowest BCUT2D eigenvalue weighted by atomic mass is 10.0. The number of nitrogens with zero attached hydrogens (tertiary/aromatic N) is 4. The van der Waals surface area contributed by atoms with E-state index in [9.17, 15) is 4.39 Å². The highest BCUT2D eigenvalue weighted by Gasteiger charge is 2.20. The van der Waals surface area contributed by atoms with Crippen molar-refractivity contribution in [1.82, 2.24) is 20.2 Å². The van der Waals surface area contributed by atoms with Crippen LogP contribution in [0.15, 0.2) is 55.0 Å². The third kappa shape index (κ3) is 3.23. The number of fused-ring (bicyclic) bond motifs is 1. The van der Waals surface area contributed by atoms with Crippen molar-refractivity contribution in [2.24, 2.45) is 5.73 Å². The van der Waals surface area contributed by atoms with Crippen LogP contribution in [0.4, 0.5) is 10.1 Å². The van der Waals surface area contributed by atoms with Crippen LogP contribution in [0.2, 0.25) is 0 Å². The van der Waals surface area contributed by atoms with Crippen LogP contribution in [-0.4, -0.2) is 39.3 Å². The average Bonchev–Trinajstić information content (AvgIpc) is 3.18. The first-order valence-corrected chi connectivity index (χ1v) is 9.74. The van der Waals surface area contributed by atoms with Gasteiger partial charge in [0.2, 0.25) is 0 Å². The number of aromatic nitrogens is 4. The zero-order chi connectivity index (χ0) is 19.8. The first-order valence-electron chi connectivity index (χ1n) is 9.74. The maximum absolute atomic E-state index is 14.3. The monoisotopic (exact) mass is 388 g/mol. The first kappa shape index (κ1) is 17.8. The predicted octanol–water partition coefficient (Wildman–Crippen LogP) is 3.75. The topological polar surface area (TPSA) is 83.7 Å². The Labute approximate surface area is 167 Å². The minimum atomic E-state index is -0.300. The Kier molecular flexibility index (Phi) is 4.44. The highest BCUT2D eigenvalue weighted by Crippen LogP contribution is 2.34. The largest absolute Gasteiger partial charge is 0.371 e. The van der Waals surface area contributed by atoms with E-state index < -0.39 is 0 Å². The highest BCUT2D eigenvalue weighted by molar-refractivity contribution is 5.95. The van der Waals surface area contributed by atoms with Crippen LogP contribution in [0, 0.1) is 5.82 Å². The number of benzene rings is 1. The number of anilines is 1. The third-order valence-corrected chi connectivity index (χ3v) is 5.53. The first-order chi connectivity index (χ1) is 14.2. The lowest BCUT2D eigenvalue weighted by molar-refractivity contribution is 0.501. The predicted molar refractivity (Wildman–Crippen MR) is 112 cm³/mol. The van der Waals surface area contributed by atoms with Gasteiger partial charge in [-0.1, -0.05) is 12.1 Å². The second-order valence-corrected chi connectivity index (χ2v) is 7.38. The van der Waals surface area contributed by atoms with E-state index in [-0.39, 0.29) is 11.9 Å². The van der Waals surface area contributed by atoms with Crippen molar-refractivity contribution in [2.75, 3.05) is 18.0 Å². The minimum absolute atomic E-state index is 0.264. The Balaban J connectivity index is 1.60. The number of nitrogens with one attached hydrogen (secondary N) is 1. The molecule has 0 saturated carbocycles. The Morgan fingerprint density at radius 3 is 2.72 bits per heavy atom. The lowest BCUT2D eigenvalue weighted by Gasteiger charge is -2.33. The van der Waals surface area contributed by atoms with Gasteiger partial charge >= 0.3 is 0 Å². The van der Waals surface area contributed by atoms with Gasteiger partial charge < -0.3 is 10.6 Å². The van der Waals surface area contributed by atoms with Crippen LogP contribution in [-0.2, 0) is 0 Å². The van der Waals surface area contributed by atoms with Gasteiger partial charge in [0.15, 0.2) is 0 Å². The second-order valence-electron chi connectivity index (χ2n) is 7.38. The number of hydrogen-bond acceptors (Lipinski definition) is 5. The van der Waals surface area contributed by atoms with E-state index in [0.29, 0.717) is 11.3 Å². The van der Waals surface area contributed by atoms with Crippen molar-refractivity contribution in [1.29, 1.82) is 0 Å². The van der Waals surface area contributed by atoms with E-state index in [1.807, 2.05) is 18.3 Å². The van der Waals surface area contributed by atoms with E-state index in [0.717, 1.165) is 53.8 Å². The van der Waals surface area contributed by atoms with Crippen molar-refractivity contribution in [3.8, 4) is 22.5 Å². The van der Waals surface area contributed by atoms with Gasteiger partial charge in [-0.15, -0.1) is 0 Å². The molecule has 146 valence electrons. The van der Waals surface area contributed by atoms with E-state index in [1.54, 1.807) is 30.6 Å². The van der Waals surface area contributed by atoms with Gasteiger partial charge in [0, 0.05) is 53.7 Å². The Morgan fingerprint density at radius 2 is 1.90 bits per heavy atom. The number of hydrogen-bond donors (Lipinski definition) is 2. The summed E-state index contributed by atoms with van der Waals surface area (Å²) in [5.41, 5.74) is 10.7. The zero-order valence-corrected chi connectivity index (χ0v) is 15.8. The number of aromatic amines is 1. The van der Waals surface area contributed by atoms with Gasteiger partial charge in [-0.2, -0.15) is 5.10 Å². The summed E-state index contributed by atoms with van der Waals surface area (Å²) in [5.74, 6) is -0.300. The summed E-state index contributed by atoms with van der Waals surface area (Å²) in [5, 5.41) is 8.12.